The molecule has 0 radical (unpaired) electrons. The standard InChI is InChI=1S/C22H27NO5/c1-14-6-4-7-17(10-14)21-23-20(16(3)28-21)13-27-19-9-5-8-18(11-19)26-12-15(2)22(24)25/h4,6-7,10,18-19H,2,5,8-9,11-13H2,1,3H3,(H,24,25)/t18-,19+/m1/s1. The van der Waals surface area contributed by atoms with E-state index in [0.29, 0.717) is 12.5 Å². The summed E-state index contributed by atoms with van der Waals surface area (Å²) in [5.41, 5.74) is 2.99. The van der Waals surface area contributed by atoms with Crippen molar-refractivity contribution in [2.75, 3.05) is 6.61 Å². The number of oxazole rings is 1. The summed E-state index contributed by atoms with van der Waals surface area (Å²) in [6.45, 7) is 7.88. The van der Waals surface area contributed by atoms with Crippen molar-refractivity contribution in [1.82, 2.24) is 4.98 Å². The van der Waals surface area contributed by atoms with Crippen molar-refractivity contribution >= 4 is 5.97 Å². The van der Waals surface area contributed by atoms with Gasteiger partial charge in [0, 0.05) is 5.56 Å². The van der Waals surface area contributed by atoms with E-state index in [1.165, 1.54) is 0 Å². The molecule has 1 aliphatic carbocycles. The molecule has 1 aliphatic rings. The molecule has 1 saturated carbocycles. The molecular formula is C22H27NO5. The quantitative estimate of drug-likeness (QED) is 0.677. The van der Waals surface area contributed by atoms with Crippen LogP contribution in [0.15, 0.2) is 40.8 Å². The fraction of sp³-hybridized carbons (Fsp3) is 0.455. The average Bonchev–Trinajstić information content (AvgIpc) is 3.05. The predicted octanol–water partition coefficient (Wildman–Crippen LogP) is 4.44. The van der Waals surface area contributed by atoms with Gasteiger partial charge in [-0.25, -0.2) is 9.78 Å². The number of aromatic nitrogens is 1. The third kappa shape index (κ3) is 5.30. The van der Waals surface area contributed by atoms with Crippen LogP contribution in [-0.2, 0) is 20.9 Å². The van der Waals surface area contributed by atoms with Crippen LogP contribution in [0.5, 0.6) is 0 Å². The highest BCUT2D eigenvalue weighted by molar-refractivity contribution is 5.85. The zero-order valence-corrected chi connectivity index (χ0v) is 16.4. The van der Waals surface area contributed by atoms with Gasteiger partial charge < -0.3 is 19.0 Å². The summed E-state index contributed by atoms with van der Waals surface area (Å²) in [6.07, 6.45) is 3.66. The van der Waals surface area contributed by atoms with Crippen molar-refractivity contribution in [3.8, 4) is 11.5 Å². The Bertz CT molecular complexity index is 841. The second kappa shape index (κ2) is 9.17. The summed E-state index contributed by atoms with van der Waals surface area (Å²) < 4.78 is 17.6. The number of rotatable bonds is 8. The predicted molar refractivity (Wildman–Crippen MR) is 105 cm³/mol. The number of benzene rings is 1. The molecule has 1 aromatic heterocycles. The molecule has 6 heteroatoms. The Balaban J connectivity index is 1.54. The number of carboxylic acids is 1. The van der Waals surface area contributed by atoms with Crippen LogP contribution in [0.4, 0.5) is 0 Å². The van der Waals surface area contributed by atoms with E-state index in [1.807, 2.05) is 38.1 Å². The van der Waals surface area contributed by atoms with Gasteiger partial charge in [0.15, 0.2) is 0 Å². The zero-order valence-electron chi connectivity index (χ0n) is 16.4. The first-order valence-electron chi connectivity index (χ1n) is 9.60. The Labute approximate surface area is 165 Å². The Morgan fingerprint density at radius 1 is 1.29 bits per heavy atom. The maximum absolute atomic E-state index is 10.8. The third-order valence-electron chi connectivity index (χ3n) is 4.99. The van der Waals surface area contributed by atoms with Crippen molar-refractivity contribution < 1.29 is 23.8 Å². The number of carbonyl (C=O) groups is 1. The summed E-state index contributed by atoms with van der Waals surface area (Å²) in [5, 5.41) is 8.88. The highest BCUT2D eigenvalue weighted by atomic mass is 16.5. The van der Waals surface area contributed by atoms with Gasteiger partial charge in [0.05, 0.1) is 31.0 Å². The lowest BCUT2D eigenvalue weighted by Crippen LogP contribution is -2.29. The Hall–Kier alpha value is -2.44. The molecule has 1 aromatic carbocycles. The van der Waals surface area contributed by atoms with E-state index in [-0.39, 0.29) is 24.4 Å². The van der Waals surface area contributed by atoms with Gasteiger partial charge >= 0.3 is 5.97 Å². The Morgan fingerprint density at radius 3 is 2.75 bits per heavy atom. The molecule has 28 heavy (non-hydrogen) atoms. The number of hydrogen-bond acceptors (Lipinski definition) is 5. The minimum absolute atomic E-state index is 0.00360. The molecule has 0 spiro atoms. The normalized spacial score (nSPS) is 19.5. The second-order valence-corrected chi connectivity index (χ2v) is 7.33. The number of hydrogen-bond donors (Lipinski definition) is 1. The maximum atomic E-state index is 10.8. The number of nitrogens with zero attached hydrogens (tertiary/aromatic N) is 1. The SMILES string of the molecule is C=C(CO[C@@H]1CCC[C@H](OCc2nc(-c3cccc(C)c3)oc2C)C1)C(=O)O. The van der Waals surface area contributed by atoms with E-state index in [1.54, 1.807) is 0 Å². The summed E-state index contributed by atoms with van der Waals surface area (Å²) in [5.74, 6) is 0.351. The minimum atomic E-state index is -1.02. The van der Waals surface area contributed by atoms with Crippen molar-refractivity contribution in [2.24, 2.45) is 0 Å². The van der Waals surface area contributed by atoms with Crippen molar-refractivity contribution in [3.63, 3.8) is 0 Å². The molecule has 0 amide bonds. The largest absolute Gasteiger partial charge is 0.478 e. The lowest BCUT2D eigenvalue weighted by Gasteiger charge is -2.29. The topological polar surface area (TPSA) is 81.8 Å². The Morgan fingerprint density at radius 2 is 2.04 bits per heavy atom. The van der Waals surface area contributed by atoms with E-state index in [4.69, 9.17) is 19.0 Å². The lowest BCUT2D eigenvalue weighted by atomic mass is 9.95. The number of carboxylic acid groups (broad SMARTS) is 1. The lowest BCUT2D eigenvalue weighted by molar-refractivity contribution is -0.133. The van der Waals surface area contributed by atoms with Gasteiger partial charge in [0.2, 0.25) is 5.89 Å². The van der Waals surface area contributed by atoms with E-state index >= 15 is 0 Å². The van der Waals surface area contributed by atoms with Crippen LogP contribution < -0.4 is 0 Å². The van der Waals surface area contributed by atoms with E-state index in [9.17, 15) is 4.79 Å². The summed E-state index contributed by atoms with van der Waals surface area (Å²) >= 11 is 0. The van der Waals surface area contributed by atoms with Crippen LogP contribution in [0.3, 0.4) is 0 Å². The van der Waals surface area contributed by atoms with Crippen molar-refractivity contribution in [1.29, 1.82) is 0 Å². The van der Waals surface area contributed by atoms with Gasteiger partial charge in [-0.1, -0.05) is 24.3 Å². The fourth-order valence-electron chi connectivity index (χ4n) is 3.35. The molecular weight excluding hydrogens is 358 g/mol. The average molecular weight is 385 g/mol. The molecule has 1 N–H and O–H groups in total. The molecule has 6 nitrogen and oxygen atoms in total. The number of ether oxygens (including phenoxy) is 2. The van der Waals surface area contributed by atoms with E-state index in [0.717, 1.165) is 48.3 Å². The summed E-state index contributed by atoms with van der Waals surface area (Å²) in [6, 6.07) is 8.05. The van der Waals surface area contributed by atoms with Crippen LogP contribution in [0.25, 0.3) is 11.5 Å². The first kappa shape index (κ1) is 20.3. The second-order valence-electron chi connectivity index (χ2n) is 7.33. The van der Waals surface area contributed by atoms with E-state index < -0.39 is 5.97 Å². The van der Waals surface area contributed by atoms with Crippen LogP contribution >= 0.6 is 0 Å². The molecule has 2 aromatic rings. The first-order chi connectivity index (χ1) is 13.4. The molecule has 0 saturated heterocycles. The fourth-order valence-corrected chi connectivity index (χ4v) is 3.35. The molecule has 1 heterocycles. The molecule has 0 aliphatic heterocycles. The molecule has 150 valence electrons. The first-order valence-corrected chi connectivity index (χ1v) is 9.60. The van der Waals surface area contributed by atoms with Gasteiger partial charge in [-0.15, -0.1) is 0 Å². The van der Waals surface area contributed by atoms with Gasteiger partial charge in [0.25, 0.3) is 0 Å². The molecule has 0 bridgehead atoms. The van der Waals surface area contributed by atoms with Crippen molar-refractivity contribution in [2.45, 2.75) is 58.3 Å². The monoisotopic (exact) mass is 385 g/mol. The summed E-state index contributed by atoms with van der Waals surface area (Å²) in [4.78, 5) is 15.4. The highest BCUT2D eigenvalue weighted by Crippen LogP contribution is 2.27. The third-order valence-corrected chi connectivity index (χ3v) is 4.99. The molecule has 1 fully saturated rings. The van der Waals surface area contributed by atoms with Gasteiger partial charge in [-0.3, -0.25) is 0 Å². The van der Waals surface area contributed by atoms with Crippen molar-refractivity contribution in [3.05, 3.63) is 53.4 Å². The molecule has 3 rings (SSSR count). The van der Waals surface area contributed by atoms with E-state index in [2.05, 4.69) is 11.6 Å². The Kier molecular flexibility index (Phi) is 6.65. The number of aryl methyl sites for hydroxylation is 2. The van der Waals surface area contributed by atoms with Crippen LogP contribution in [-0.4, -0.2) is 34.9 Å². The van der Waals surface area contributed by atoms with Gasteiger partial charge in [-0.2, -0.15) is 0 Å². The zero-order chi connectivity index (χ0) is 20.1. The maximum Gasteiger partial charge on any atom is 0.333 e. The summed E-state index contributed by atoms with van der Waals surface area (Å²) in [7, 11) is 0. The van der Waals surface area contributed by atoms with Crippen LogP contribution in [0.2, 0.25) is 0 Å². The highest BCUT2D eigenvalue weighted by Gasteiger charge is 2.24. The molecule has 2 atom stereocenters. The van der Waals surface area contributed by atoms with Gasteiger partial charge in [0.1, 0.15) is 11.5 Å². The molecule has 0 unspecified atom stereocenters. The number of aliphatic carboxylic acids is 1. The van der Waals surface area contributed by atoms with Crippen LogP contribution in [0, 0.1) is 13.8 Å². The minimum Gasteiger partial charge on any atom is -0.478 e. The smallest absolute Gasteiger partial charge is 0.333 e. The van der Waals surface area contributed by atoms with Gasteiger partial charge in [-0.05, 0) is 51.7 Å². The van der Waals surface area contributed by atoms with Crippen LogP contribution in [0.1, 0.15) is 42.7 Å².